The van der Waals surface area contributed by atoms with E-state index in [1.54, 1.807) is 4.90 Å². The Kier molecular flexibility index (Phi) is 5.24. The number of hydrogen-bond acceptors (Lipinski definition) is 5. The molecule has 152 valence electrons. The van der Waals surface area contributed by atoms with Crippen molar-refractivity contribution < 1.29 is 14.3 Å². The fourth-order valence-corrected chi connectivity index (χ4v) is 4.29. The first-order valence-corrected chi connectivity index (χ1v) is 10.0. The molecule has 3 heterocycles. The number of rotatable bonds is 2. The molecular formula is C22H26N4O3. The average Bonchev–Trinajstić information content (AvgIpc) is 3.13. The highest BCUT2D eigenvalue weighted by atomic mass is 16.5. The van der Waals surface area contributed by atoms with E-state index in [1.807, 2.05) is 37.3 Å². The molecule has 0 aliphatic carbocycles. The number of ether oxygens (including phenoxy) is 1. The van der Waals surface area contributed by atoms with Gasteiger partial charge in [0.2, 0.25) is 0 Å². The summed E-state index contributed by atoms with van der Waals surface area (Å²) < 4.78 is 5.63. The molecule has 2 unspecified atom stereocenters. The van der Waals surface area contributed by atoms with Gasteiger partial charge in [-0.15, -0.1) is 0 Å². The van der Waals surface area contributed by atoms with E-state index in [1.165, 1.54) is 6.20 Å². The summed E-state index contributed by atoms with van der Waals surface area (Å²) >= 11 is 0. The smallest absolute Gasteiger partial charge is 0.313 e. The van der Waals surface area contributed by atoms with E-state index in [2.05, 4.69) is 17.2 Å². The molecule has 3 atom stereocenters. The standard InChI is InChI=1S/C22H26N4O3/c1-13-8-9-18(15-6-4-3-5-7-15)26(11-13)22(28)21(27)25-17-10-24-20(23)19-14(2)29-12-16(17)19/h3-7,10,13-14,18H,8-9,11-12H2,1-2H3,(H2,23,24)(H,25,27)/t13?,14-,18?/m0/s1. The molecule has 2 aliphatic rings. The van der Waals surface area contributed by atoms with E-state index >= 15 is 0 Å². The minimum atomic E-state index is -0.659. The molecule has 0 saturated carbocycles. The molecule has 0 bridgehead atoms. The largest absolute Gasteiger partial charge is 0.383 e. The predicted octanol–water partition coefficient (Wildman–Crippen LogP) is 3.19. The highest BCUT2D eigenvalue weighted by Crippen LogP contribution is 2.38. The minimum Gasteiger partial charge on any atom is -0.383 e. The van der Waals surface area contributed by atoms with E-state index < -0.39 is 11.8 Å². The lowest BCUT2D eigenvalue weighted by atomic mass is 9.90. The molecule has 1 aromatic heterocycles. The number of benzene rings is 1. The normalized spacial score (nSPS) is 23.5. The maximum Gasteiger partial charge on any atom is 0.313 e. The molecule has 1 aromatic carbocycles. The van der Waals surface area contributed by atoms with Crippen molar-refractivity contribution in [2.24, 2.45) is 5.92 Å². The van der Waals surface area contributed by atoms with Gasteiger partial charge in [0.05, 0.1) is 30.6 Å². The van der Waals surface area contributed by atoms with Gasteiger partial charge in [-0.1, -0.05) is 37.3 Å². The van der Waals surface area contributed by atoms with Gasteiger partial charge in [-0.2, -0.15) is 0 Å². The Morgan fingerprint density at radius 1 is 1.21 bits per heavy atom. The van der Waals surface area contributed by atoms with Gasteiger partial charge in [0.15, 0.2) is 0 Å². The molecule has 1 saturated heterocycles. The topological polar surface area (TPSA) is 97.6 Å². The molecule has 3 N–H and O–H groups in total. The third kappa shape index (κ3) is 3.70. The molecule has 2 amide bonds. The van der Waals surface area contributed by atoms with Gasteiger partial charge in [0.1, 0.15) is 5.82 Å². The number of carbonyl (C=O) groups is 2. The predicted molar refractivity (Wildman–Crippen MR) is 110 cm³/mol. The van der Waals surface area contributed by atoms with Gasteiger partial charge >= 0.3 is 11.8 Å². The summed E-state index contributed by atoms with van der Waals surface area (Å²) in [6.45, 7) is 4.89. The van der Waals surface area contributed by atoms with Crippen molar-refractivity contribution in [1.29, 1.82) is 0 Å². The van der Waals surface area contributed by atoms with Crippen LogP contribution in [0.25, 0.3) is 0 Å². The number of pyridine rings is 1. The van der Waals surface area contributed by atoms with Crippen LogP contribution in [-0.4, -0.2) is 28.2 Å². The van der Waals surface area contributed by atoms with Crippen LogP contribution in [0.4, 0.5) is 11.5 Å². The van der Waals surface area contributed by atoms with E-state index in [0.29, 0.717) is 30.6 Å². The van der Waals surface area contributed by atoms with Crippen LogP contribution in [0.5, 0.6) is 0 Å². The summed E-state index contributed by atoms with van der Waals surface area (Å²) in [5, 5.41) is 2.75. The first-order chi connectivity index (χ1) is 14.0. The number of nitrogens with two attached hydrogens (primary N) is 1. The van der Waals surface area contributed by atoms with Crippen LogP contribution < -0.4 is 11.1 Å². The third-order valence-electron chi connectivity index (χ3n) is 5.85. The van der Waals surface area contributed by atoms with Crippen molar-refractivity contribution in [3.05, 3.63) is 53.2 Å². The molecule has 2 aromatic rings. The second kappa shape index (κ2) is 7.83. The number of amides is 2. The Balaban J connectivity index is 1.56. The lowest BCUT2D eigenvalue weighted by molar-refractivity contribution is -0.146. The lowest BCUT2D eigenvalue weighted by Gasteiger charge is -2.38. The number of nitrogens with zero attached hydrogens (tertiary/aromatic N) is 2. The molecule has 4 rings (SSSR count). The van der Waals surface area contributed by atoms with Crippen molar-refractivity contribution in [3.63, 3.8) is 0 Å². The third-order valence-corrected chi connectivity index (χ3v) is 5.85. The number of nitrogen functional groups attached to an aromatic ring is 1. The number of fused-ring (bicyclic) bond motifs is 1. The molecule has 7 nitrogen and oxygen atoms in total. The van der Waals surface area contributed by atoms with Crippen LogP contribution in [0.2, 0.25) is 0 Å². The van der Waals surface area contributed by atoms with E-state index in [0.717, 1.165) is 29.5 Å². The number of nitrogens with one attached hydrogen (secondary N) is 1. The number of aromatic nitrogens is 1. The fraction of sp³-hybridized carbons (Fsp3) is 0.409. The number of hydrogen-bond donors (Lipinski definition) is 2. The Morgan fingerprint density at radius 2 is 1.97 bits per heavy atom. The minimum absolute atomic E-state index is 0.0933. The fourth-order valence-electron chi connectivity index (χ4n) is 4.29. The number of likely N-dealkylation sites (tertiary alicyclic amines) is 1. The summed E-state index contributed by atoms with van der Waals surface area (Å²) in [7, 11) is 0. The first kappa shape index (κ1) is 19.4. The Hall–Kier alpha value is -2.93. The van der Waals surface area contributed by atoms with Gasteiger partial charge in [-0.05, 0) is 31.2 Å². The van der Waals surface area contributed by atoms with Gasteiger partial charge in [-0.25, -0.2) is 4.98 Å². The number of carbonyl (C=O) groups excluding carboxylic acids is 2. The Bertz CT molecular complexity index is 931. The van der Waals surface area contributed by atoms with Crippen LogP contribution in [-0.2, 0) is 20.9 Å². The van der Waals surface area contributed by atoms with E-state index in [4.69, 9.17) is 10.5 Å². The van der Waals surface area contributed by atoms with E-state index in [-0.39, 0.29) is 12.1 Å². The zero-order chi connectivity index (χ0) is 20.5. The molecule has 0 radical (unpaired) electrons. The molecule has 7 heteroatoms. The zero-order valence-corrected chi connectivity index (χ0v) is 16.7. The molecule has 0 spiro atoms. The monoisotopic (exact) mass is 394 g/mol. The molecule has 1 fully saturated rings. The summed E-state index contributed by atoms with van der Waals surface area (Å²) in [4.78, 5) is 31.8. The van der Waals surface area contributed by atoms with Gasteiger partial charge in [0.25, 0.3) is 0 Å². The van der Waals surface area contributed by atoms with Crippen molar-refractivity contribution in [2.75, 3.05) is 17.6 Å². The Labute approximate surface area is 170 Å². The Morgan fingerprint density at radius 3 is 2.72 bits per heavy atom. The first-order valence-electron chi connectivity index (χ1n) is 10.0. The average molecular weight is 394 g/mol. The second-order valence-electron chi connectivity index (χ2n) is 7.92. The molecule has 29 heavy (non-hydrogen) atoms. The van der Waals surface area contributed by atoms with Crippen LogP contribution in [0.3, 0.4) is 0 Å². The number of piperidine rings is 1. The highest BCUT2D eigenvalue weighted by molar-refractivity contribution is 6.39. The summed E-state index contributed by atoms with van der Waals surface area (Å²) in [6.07, 6.45) is 3.17. The van der Waals surface area contributed by atoms with Crippen LogP contribution in [0, 0.1) is 5.92 Å². The van der Waals surface area contributed by atoms with E-state index in [9.17, 15) is 9.59 Å². The quantitative estimate of drug-likeness (QED) is 0.763. The summed E-state index contributed by atoms with van der Waals surface area (Å²) in [6, 6.07) is 9.79. The van der Waals surface area contributed by atoms with Gasteiger partial charge < -0.3 is 20.7 Å². The van der Waals surface area contributed by atoms with Crippen molar-refractivity contribution in [3.8, 4) is 0 Å². The van der Waals surface area contributed by atoms with Crippen molar-refractivity contribution >= 4 is 23.3 Å². The van der Waals surface area contributed by atoms with Gasteiger partial charge in [0, 0.05) is 17.7 Å². The van der Waals surface area contributed by atoms with Crippen LogP contribution in [0.15, 0.2) is 36.5 Å². The number of anilines is 2. The summed E-state index contributed by atoms with van der Waals surface area (Å²) in [5.74, 6) is -0.442. The second-order valence-corrected chi connectivity index (χ2v) is 7.92. The highest BCUT2D eigenvalue weighted by Gasteiger charge is 2.35. The maximum absolute atomic E-state index is 13.1. The molecular weight excluding hydrogens is 368 g/mol. The van der Waals surface area contributed by atoms with Crippen LogP contribution >= 0.6 is 0 Å². The van der Waals surface area contributed by atoms with Crippen molar-refractivity contribution in [2.45, 2.75) is 45.4 Å². The zero-order valence-electron chi connectivity index (χ0n) is 16.7. The lowest BCUT2D eigenvalue weighted by Crippen LogP contribution is -2.46. The maximum atomic E-state index is 13.1. The van der Waals surface area contributed by atoms with Crippen LogP contribution in [0.1, 0.15) is 55.5 Å². The molecule has 2 aliphatic heterocycles. The van der Waals surface area contributed by atoms with Gasteiger partial charge in [-0.3, -0.25) is 9.59 Å². The SMILES string of the molecule is CC1CCC(c2ccccc2)N(C(=O)C(=O)Nc2cnc(N)c3c2CO[C@H]3C)C1. The van der Waals surface area contributed by atoms with Crippen molar-refractivity contribution in [1.82, 2.24) is 9.88 Å². The summed E-state index contributed by atoms with van der Waals surface area (Å²) in [5.41, 5.74) is 9.07.